The molecule has 1 amide bonds. The summed E-state index contributed by atoms with van der Waals surface area (Å²) in [6.45, 7) is 4.72. The minimum absolute atomic E-state index is 0.123. The summed E-state index contributed by atoms with van der Waals surface area (Å²) in [6, 6.07) is 5.85. The Labute approximate surface area is 118 Å². The van der Waals surface area contributed by atoms with E-state index < -0.39 is 0 Å². The standard InChI is InChI=1S/C15H19ClN2O/c1-3-4-15(19)17-8-7-12-10(2)18-14-6-5-11(16)9-13(12)14/h5-6,9,18H,3-4,7-8H2,1-2H3,(H,17,19). The lowest BCUT2D eigenvalue weighted by molar-refractivity contribution is -0.121. The monoisotopic (exact) mass is 278 g/mol. The number of aromatic amines is 1. The Balaban J connectivity index is 2.09. The van der Waals surface area contributed by atoms with Crippen LogP contribution < -0.4 is 5.32 Å². The number of aromatic nitrogens is 1. The Morgan fingerprint density at radius 3 is 2.95 bits per heavy atom. The van der Waals surface area contributed by atoms with E-state index in [1.54, 1.807) is 0 Å². The fourth-order valence-corrected chi connectivity index (χ4v) is 2.49. The molecule has 0 aliphatic rings. The Morgan fingerprint density at radius 1 is 1.42 bits per heavy atom. The molecular weight excluding hydrogens is 260 g/mol. The summed E-state index contributed by atoms with van der Waals surface area (Å²) in [5, 5.41) is 4.83. The molecule has 0 saturated carbocycles. The molecule has 2 aromatic rings. The van der Waals surface area contributed by atoms with Gasteiger partial charge in [0, 0.05) is 34.6 Å². The Morgan fingerprint density at radius 2 is 2.21 bits per heavy atom. The predicted octanol–water partition coefficient (Wildman–Crippen LogP) is 3.59. The van der Waals surface area contributed by atoms with Crippen LogP contribution in [0.25, 0.3) is 10.9 Å². The highest BCUT2D eigenvalue weighted by Crippen LogP contribution is 2.25. The third-order valence-electron chi connectivity index (χ3n) is 3.26. The zero-order valence-corrected chi connectivity index (χ0v) is 12.1. The number of nitrogens with one attached hydrogen (secondary N) is 2. The van der Waals surface area contributed by atoms with Crippen molar-refractivity contribution in [2.45, 2.75) is 33.1 Å². The Bertz CT molecular complexity index is 589. The van der Waals surface area contributed by atoms with Crippen LogP contribution in [0, 0.1) is 6.92 Å². The first-order valence-electron chi connectivity index (χ1n) is 6.65. The van der Waals surface area contributed by atoms with Crippen molar-refractivity contribution in [3.63, 3.8) is 0 Å². The summed E-state index contributed by atoms with van der Waals surface area (Å²) in [5.41, 5.74) is 3.47. The van der Waals surface area contributed by atoms with E-state index >= 15 is 0 Å². The zero-order chi connectivity index (χ0) is 13.8. The predicted molar refractivity (Wildman–Crippen MR) is 79.7 cm³/mol. The third kappa shape index (κ3) is 3.29. The lowest BCUT2D eigenvalue weighted by Gasteiger charge is -2.05. The lowest BCUT2D eigenvalue weighted by atomic mass is 10.1. The minimum atomic E-state index is 0.123. The van der Waals surface area contributed by atoms with Crippen molar-refractivity contribution >= 4 is 28.4 Å². The fraction of sp³-hybridized carbons (Fsp3) is 0.400. The number of benzene rings is 1. The number of H-pyrrole nitrogens is 1. The molecule has 3 nitrogen and oxygen atoms in total. The largest absolute Gasteiger partial charge is 0.358 e. The van der Waals surface area contributed by atoms with E-state index in [0.717, 1.165) is 34.5 Å². The van der Waals surface area contributed by atoms with Crippen LogP contribution >= 0.6 is 11.6 Å². The van der Waals surface area contributed by atoms with Gasteiger partial charge in [0.2, 0.25) is 5.91 Å². The molecule has 0 aliphatic carbocycles. The Hall–Kier alpha value is -1.48. The number of rotatable bonds is 5. The first-order valence-corrected chi connectivity index (χ1v) is 7.03. The molecule has 1 aromatic carbocycles. The van der Waals surface area contributed by atoms with E-state index in [1.807, 2.05) is 25.1 Å². The van der Waals surface area contributed by atoms with Gasteiger partial charge in [-0.3, -0.25) is 4.79 Å². The lowest BCUT2D eigenvalue weighted by Crippen LogP contribution is -2.25. The quantitative estimate of drug-likeness (QED) is 0.862. The molecule has 0 aliphatic heterocycles. The maximum absolute atomic E-state index is 11.4. The second-order valence-electron chi connectivity index (χ2n) is 4.77. The number of hydrogen-bond donors (Lipinski definition) is 2. The first-order chi connectivity index (χ1) is 9.11. The van der Waals surface area contributed by atoms with Crippen molar-refractivity contribution in [2.75, 3.05) is 6.54 Å². The topological polar surface area (TPSA) is 44.9 Å². The van der Waals surface area contributed by atoms with Gasteiger partial charge in [0.15, 0.2) is 0 Å². The second kappa shape index (κ2) is 6.11. The fourth-order valence-electron chi connectivity index (χ4n) is 2.32. The van der Waals surface area contributed by atoms with E-state index in [1.165, 1.54) is 5.56 Å². The number of fused-ring (bicyclic) bond motifs is 1. The average Bonchev–Trinajstić information content (AvgIpc) is 2.66. The highest BCUT2D eigenvalue weighted by atomic mass is 35.5. The minimum Gasteiger partial charge on any atom is -0.358 e. The van der Waals surface area contributed by atoms with Gasteiger partial charge < -0.3 is 10.3 Å². The second-order valence-corrected chi connectivity index (χ2v) is 5.20. The van der Waals surface area contributed by atoms with Crippen molar-refractivity contribution in [1.29, 1.82) is 0 Å². The van der Waals surface area contributed by atoms with Crippen molar-refractivity contribution in [3.05, 3.63) is 34.5 Å². The van der Waals surface area contributed by atoms with Crippen LogP contribution in [0.1, 0.15) is 31.0 Å². The van der Waals surface area contributed by atoms with Crippen LogP contribution in [0.15, 0.2) is 18.2 Å². The van der Waals surface area contributed by atoms with Gasteiger partial charge in [-0.15, -0.1) is 0 Å². The summed E-state index contributed by atoms with van der Waals surface area (Å²) in [7, 11) is 0. The molecule has 0 fully saturated rings. The summed E-state index contributed by atoms with van der Waals surface area (Å²) in [4.78, 5) is 14.8. The number of halogens is 1. The number of hydrogen-bond acceptors (Lipinski definition) is 1. The first kappa shape index (κ1) is 13.9. The normalized spacial score (nSPS) is 10.9. The van der Waals surface area contributed by atoms with E-state index in [-0.39, 0.29) is 5.91 Å². The molecule has 0 saturated heterocycles. The molecule has 0 spiro atoms. The molecule has 19 heavy (non-hydrogen) atoms. The van der Waals surface area contributed by atoms with Gasteiger partial charge in [-0.25, -0.2) is 0 Å². The van der Waals surface area contributed by atoms with Crippen molar-refractivity contribution in [1.82, 2.24) is 10.3 Å². The molecule has 102 valence electrons. The van der Waals surface area contributed by atoms with Crippen LogP contribution in [-0.4, -0.2) is 17.4 Å². The van der Waals surface area contributed by atoms with Crippen LogP contribution in [0.3, 0.4) is 0 Å². The number of carbonyl (C=O) groups excluding carboxylic acids is 1. The summed E-state index contributed by atoms with van der Waals surface area (Å²) in [5.74, 6) is 0.123. The van der Waals surface area contributed by atoms with E-state index in [9.17, 15) is 4.79 Å². The van der Waals surface area contributed by atoms with Crippen molar-refractivity contribution < 1.29 is 4.79 Å². The zero-order valence-electron chi connectivity index (χ0n) is 11.3. The number of amides is 1. The molecule has 0 bridgehead atoms. The van der Waals surface area contributed by atoms with Crippen LogP contribution in [0.2, 0.25) is 5.02 Å². The van der Waals surface area contributed by atoms with Crippen molar-refractivity contribution in [3.8, 4) is 0 Å². The maximum atomic E-state index is 11.4. The molecule has 4 heteroatoms. The van der Waals surface area contributed by atoms with Crippen LogP contribution in [0.5, 0.6) is 0 Å². The summed E-state index contributed by atoms with van der Waals surface area (Å²) < 4.78 is 0. The van der Waals surface area contributed by atoms with Gasteiger partial charge >= 0.3 is 0 Å². The summed E-state index contributed by atoms with van der Waals surface area (Å²) in [6.07, 6.45) is 2.30. The van der Waals surface area contributed by atoms with Crippen LogP contribution in [0.4, 0.5) is 0 Å². The van der Waals surface area contributed by atoms with Gasteiger partial charge in [0.1, 0.15) is 0 Å². The summed E-state index contributed by atoms with van der Waals surface area (Å²) >= 11 is 6.04. The highest BCUT2D eigenvalue weighted by Gasteiger charge is 2.09. The van der Waals surface area contributed by atoms with Gasteiger partial charge in [-0.2, -0.15) is 0 Å². The van der Waals surface area contributed by atoms with Crippen LogP contribution in [-0.2, 0) is 11.2 Å². The van der Waals surface area contributed by atoms with E-state index in [2.05, 4.69) is 17.2 Å². The molecule has 2 rings (SSSR count). The SMILES string of the molecule is CCCC(=O)NCCc1c(C)[nH]c2ccc(Cl)cc12. The molecule has 2 N–H and O–H groups in total. The molecule has 0 atom stereocenters. The molecule has 1 aromatic heterocycles. The molecule has 1 heterocycles. The molecule has 0 unspecified atom stereocenters. The van der Waals surface area contributed by atoms with E-state index in [0.29, 0.717) is 13.0 Å². The van der Waals surface area contributed by atoms with Gasteiger partial charge in [0.25, 0.3) is 0 Å². The van der Waals surface area contributed by atoms with Gasteiger partial charge in [-0.05, 0) is 43.5 Å². The Kier molecular flexibility index (Phi) is 4.48. The smallest absolute Gasteiger partial charge is 0.219 e. The number of carbonyl (C=O) groups is 1. The molecular formula is C15H19ClN2O. The molecule has 0 radical (unpaired) electrons. The van der Waals surface area contributed by atoms with Gasteiger partial charge in [0.05, 0.1) is 0 Å². The average molecular weight is 279 g/mol. The number of aryl methyl sites for hydroxylation is 1. The van der Waals surface area contributed by atoms with E-state index in [4.69, 9.17) is 11.6 Å². The maximum Gasteiger partial charge on any atom is 0.219 e. The highest BCUT2D eigenvalue weighted by molar-refractivity contribution is 6.31. The third-order valence-corrected chi connectivity index (χ3v) is 3.49. The van der Waals surface area contributed by atoms with Crippen molar-refractivity contribution in [2.24, 2.45) is 0 Å². The van der Waals surface area contributed by atoms with Gasteiger partial charge in [-0.1, -0.05) is 18.5 Å².